The van der Waals surface area contributed by atoms with Gasteiger partial charge in [0.05, 0.1) is 11.4 Å². The van der Waals surface area contributed by atoms with E-state index in [-0.39, 0.29) is 11.2 Å². The number of esters is 1. The quantitative estimate of drug-likeness (QED) is 0.595. The molecule has 2 aromatic rings. The van der Waals surface area contributed by atoms with Gasteiger partial charge in [-0.15, -0.1) is 0 Å². The Balaban J connectivity index is 2.10. The topological polar surface area (TPSA) is 56.3 Å². The monoisotopic (exact) mass is 343 g/mol. The molecule has 0 radical (unpaired) electrons. The Morgan fingerprint density at radius 1 is 1.17 bits per heavy atom. The van der Waals surface area contributed by atoms with Gasteiger partial charge < -0.3 is 4.74 Å². The van der Waals surface area contributed by atoms with E-state index in [4.69, 9.17) is 16.3 Å². The van der Waals surface area contributed by atoms with Gasteiger partial charge in [0, 0.05) is 29.5 Å². The van der Waals surface area contributed by atoms with Crippen LogP contribution in [0.4, 0.5) is 0 Å². The predicted molar refractivity (Wildman–Crippen MR) is 92.4 cm³/mol. The van der Waals surface area contributed by atoms with Gasteiger partial charge >= 0.3 is 5.97 Å². The Bertz CT molecular complexity index is 843. The van der Waals surface area contributed by atoms with Gasteiger partial charge in [0.15, 0.2) is 5.78 Å². The van der Waals surface area contributed by atoms with Crippen molar-refractivity contribution in [2.75, 3.05) is 0 Å². The maximum absolute atomic E-state index is 12.3. The number of hydrogen-bond donors (Lipinski definition) is 0. The second-order valence-electron chi connectivity index (χ2n) is 6.87. The van der Waals surface area contributed by atoms with Gasteiger partial charge in [-0.3, -0.25) is 14.6 Å². The molecule has 24 heavy (non-hydrogen) atoms. The molecule has 5 heteroatoms. The molecule has 1 aliphatic rings. The molecule has 1 aromatic heterocycles. The van der Waals surface area contributed by atoms with E-state index in [0.29, 0.717) is 34.0 Å². The number of benzene rings is 1. The molecule has 1 heterocycles. The van der Waals surface area contributed by atoms with E-state index in [0.717, 1.165) is 12.1 Å². The van der Waals surface area contributed by atoms with Crippen LogP contribution in [0.25, 0.3) is 11.3 Å². The highest BCUT2D eigenvalue weighted by molar-refractivity contribution is 6.31. The summed E-state index contributed by atoms with van der Waals surface area (Å²) in [6.07, 6.45) is 1.25. The highest BCUT2D eigenvalue weighted by Crippen LogP contribution is 2.37. The number of carbonyl (C=O) groups excluding carboxylic acids is 2. The first-order valence-corrected chi connectivity index (χ1v) is 8.14. The van der Waals surface area contributed by atoms with E-state index in [1.807, 2.05) is 0 Å². The third-order valence-electron chi connectivity index (χ3n) is 4.03. The van der Waals surface area contributed by atoms with E-state index in [2.05, 4.69) is 18.8 Å². The Morgan fingerprint density at radius 2 is 1.92 bits per heavy atom. The zero-order valence-electron chi connectivity index (χ0n) is 13.9. The number of ether oxygens (including phenoxy) is 1. The molecular formula is C19H18ClNO3. The van der Waals surface area contributed by atoms with E-state index >= 15 is 0 Å². The SMILES string of the molecule is CC(=O)Oc1ccc(Cl)cc1-c1ccc2c(n1)CC(C)(C)CC2=O. The maximum atomic E-state index is 12.3. The Morgan fingerprint density at radius 3 is 2.62 bits per heavy atom. The molecule has 4 nitrogen and oxygen atoms in total. The summed E-state index contributed by atoms with van der Waals surface area (Å²) in [6, 6.07) is 8.59. The molecule has 0 unspecified atom stereocenters. The van der Waals surface area contributed by atoms with Crippen molar-refractivity contribution in [1.82, 2.24) is 4.98 Å². The van der Waals surface area contributed by atoms with E-state index in [1.54, 1.807) is 30.3 Å². The number of carbonyl (C=O) groups is 2. The zero-order valence-corrected chi connectivity index (χ0v) is 14.6. The number of fused-ring (bicyclic) bond motifs is 1. The average Bonchev–Trinajstić information content (AvgIpc) is 2.46. The van der Waals surface area contributed by atoms with Crippen LogP contribution in [0.3, 0.4) is 0 Å². The van der Waals surface area contributed by atoms with Crippen LogP contribution in [0.2, 0.25) is 5.02 Å². The van der Waals surface area contributed by atoms with Gasteiger partial charge in [0.2, 0.25) is 0 Å². The number of hydrogen-bond acceptors (Lipinski definition) is 4. The number of halogens is 1. The Kier molecular flexibility index (Phi) is 4.18. The van der Waals surface area contributed by atoms with Crippen LogP contribution in [0, 0.1) is 5.41 Å². The largest absolute Gasteiger partial charge is 0.426 e. The normalized spacial score (nSPS) is 15.8. The molecule has 0 N–H and O–H groups in total. The summed E-state index contributed by atoms with van der Waals surface area (Å²) in [4.78, 5) is 28.3. The number of ketones is 1. The summed E-state index contributed by atoms with van der Waals surface area (Å²) in [5, 5.41) is 0.525. The van der Waals surface area contributed by atoms with Gasteiger partial charge in [-0.05, 0) is 42.2 Å². The van der Waals surface area contributed by atoms with Gasteiger partial charge in [0.25, 0.3) is 0 Å². The summed E-state index contributed by atoms with van der Waals surface area (Å²) in [5.41, 5.74) is 2.62. The lowest BCUT2D eigenvalue weighted by Gasteiger charge is -2.29. The maximum Gasteiger partial charge on any atom is 0.308 e. The predicted octanol–water partition coefficient (Wildman–Crippen LogP) is 4.48. The molecule has 1 aliphatic carbocycles. The number of rotatable bonds is 2. The summed E-state index contributed by atoms with van der Waals surface area (Å²) in [6.45, 7) is 5.47. The molecule has 0 bridgehead atoms. The van der Waals surface area contributed by atoms with Crippen molar-refractivity contribution in [3.63, 3.8) is 0 Å². The second kappa shape index (κ2) is 6.02. The third kappa shape index (κ3) is 3.34. The van der Waals surface area contributed by atoms with Crippen molar-refractivity contribution < 1.29 is 14.3 Å². The lowest BCUT2D eigenvalue weighted by Crippen LogP contribution is -2.27. The molecule has 0 atom stereocenters. The number of pyridine rings is 1. The van der Waals surface area contributed by atoms with E-state index in [1.165, 1.54) is 6.92 Å². The fourth-order valence-electron chi connectivity index (χ4n) is 3.03. The molecular weight excluding hydrogens is 326 g/mol. The molecule has 0 amide bonds. The van der Waals surface area contributed by atoms with E-state index < -0.39 is 5.97 Å². The van der Waals surface area contributed by atoms with Gasteiger partial charge in [-0.1, -0.05) is 25.4 Å². The number of Topliss-reactive ketones (excluding diaryl/α,β-unsaturated/α-hetero) is 1. The van der Waals surface area contributed by atoms with Crippen LogP contribution in [0.1, 0.15) is 43.2 Å². The smallest absolute Gasteiger partial charge is 0.308 e. The molecule has 3 rings (SSSR count). The van der Waals surface area contributed by atoms with Gasteiger partial charge in [-0.25, -0.2) is 0 Å². The van der Waals surface area contributed by atoms with Crippen LogP contribution in [-0.4, -0.2) is 16.7 Å². The summed E-state index contributed by atoms with van der Waals surface area (Å²) >= 11 is 6.09. The third-order valence-corrected chi connectivity index (χ3v) is 4.27. The lowest BCUT2D eigenvalue weighted by atomic mass is 9.75. The Hall–Kier alpha value is -2.20. The van der Waals surface area contributed by atoms with Crippen molar-refractivity contribution in [1.29, 1.82) is 0 Å². The first-order chi connectivity index (χ1) is 11.2. The number of nitrogens with zero attached hydrogens (tertiary/aromatic N) is 1. The molecule has 124 valence electrons. The fourth-order valence-corrected chi connectivity index (χ4v) is 3.20. The minimum Gasteiger partial charge on any atom is -0.426 e. The summed E-state index contributed by atoms with van der Waals surface area (Å²) in [7, 11) is 0. The minimum absolute atomic E-state index is 0.108. The lowest BCUT2D eigenvalue weighted by molar-refractivity contribution is -0.131. The minimum atomic E-state index is -0.409. The summed E-state index contributed by atoms with van der Waals surface area (Å²) in [5.74, 6) is 0.111. The van der Waals surface area contributed by atoms with E-state index in [9.17, 15) is 9.59 Å². The van der Waals surface area contributed by atoms with Gasteiger partial charge in [-0.2, -0.15) is 0 Å². The highest BCUT2D eigenvalue weighted by Gasteiger charge is 2.32. The molecule has 0 saturated heterocycles. The van der Waals surface area contributed by atoms with Crippen molar-refractivity contribution in [3.8, 4) is 17.0 Å². The second-order valence-corrected chi connectivity index (χ2v) is 7.30. The first kappa shape index (κ1) is 16.7. The molecule has 1 aromatic carbocycles. The average molecular weight is 344 g/mol. The molecule has 0 saturated carbocycles. The van der Waals surface area contributed by atoms with Crippen LogP contribution >= 0.6 is 11.6 Å². The highest BCUT2D eigenvalue weighted by atomic mass is 35.5. The van der Waals surface area contributed by atoms with Gasteiger partial charge in [0.1, 0.15) is 5.75 Å². The van der Waals surface area contributed by atoms with Crippen LogP contribution in [0.5, 0.6) is 5.75 Å². The van der Waals surface area contributed by atoms with Crippen molar-refractivity contribution >= 4 is 23.4 Å². The Labute approximate surface area is 145 Å². The van der Waals surface area contributed by atoms with Crippen LogP contribution < -0.4 is 4.74 Å². The molecule has 0 fully saturated rings. The van der Waals surface area contributed by atoms with Crippen molar-refractivity contribution in [2.24, 2.45) is 5.41 Å². The summed E-state index contributed by atoms with van der Waals surface area (Å²) < 4.78 is 5.26. The molecule has 0 spiro atoms. The standard InChI is InChI=1S/C19H18ClNO3/c1-11(22)24-18-7-4-12(20)8-14(18)15-6-5-13-16(21-15)9-19(2,3)10-17(13)23/h4-8H,9-10H2,1-3H3. The zero-order chi connectivity index (χ0) is 17.5. The number of aromatic nitrogens is 1. The van der Waals surface area contributed by atoms with Crippen molar-refractivity contribution in [3.05, 3.63) is 46.6 Å². The first-order valence-electron chi connectivity index (χ1n) is 7.77. The molecule has 0 aliphatic heterocycles. The van der Waals surface area contributed by atoms with Crippen molar-refractivity contribution in [2.45, 2.75) is 33.6 Å². The fraction of sp³-hybridized carbons (Fsp3) is 0.316. The van der Waals surface area contributed by atoms with Crippen LogP contribution in [0.15, 0.2) is 30.3 Å². The van der Waals surface area contributed by atoms with Crippen LogP contribution in [-0.2, 0) is 11.2 Å².